The molecule has 12 aromatic carbocycles. The average Bonchev–Trinajstić information content (AvgIpc) is 0.741. The molecule has 0 fully saturated rings. The first-order valence-corrected chi connectivity index (χ1v) is 29.1. The van der Waals surface area contributed by atoms with Gasteiger partial charge in [0, 0.05) is 47.6 Å². The van der Waals surface area contributed by atoms with Crippen LogP contribution in [0.15, 0.2) is 304 Å². The first kappa shape index (κ1) is 43.5. The van der Waals surface area contributed by atoms with E-state index in [2.05, 4.69) is 222 Å². The van der Waals surface area contributed by atoms with Gasteiger partial charge in [-0.2, -0.15) is 0 Å². The van der Waals surface area contributed by atoms with Crippen LogP contribution in [-0.4, -0.2) is 15.0 Å². The van der Waals surface area contributed by atoms with Crippen LogP contribution in [0, 0.1) is 20.6 Å². The highest BCUT2D eigenvalue weighted by Gasteiger charge is 2.20. The number of hydrogen-bond acceptors (Lipinski definition) is 3. The molecule has 3 aromatic heterocycles. The summed E-state index contributed by atoms with van der Waals surface area (Å²) in [6.45, 7) is -6.83. The molecule has 0 amide bonds. The molecule has 3 nitrogen and oxygen atoms in total. The molecule has 0 spiro atoms. The Labute approximate surface area is 521 Å². The van der Waals surface area contributed by atoms with Crippen molar-refractivity contribution < 1.29 is 12.3 Å². The Kier molecular flexibility index (Phi) is 11.2. The highest BCUT2D eigenvalue weighted by molar-refractivity contribution is 6.26. The molecule has 0 radical (unpaired) electrons. The van der Waals surface area contributed by atoms with Gasteiger partial charge in [-0.15, -0.1) is 0 Å². The minimum atomic E-state index is -2.31. The molecular weight excluding hydrogens is 1050 g/mol. The maximum atomic E-state index is 8.13. The van der Waals surface area contributed by atoms with Crippen molar-refractivity contribution in [3.05, 3.63) is 320 Å². The Morgan fingerprint density at radius 2 is 0.621 bits per heavy atom. The van der Waals surface area contributed by atoms with E-state index in [1.54, 1.807) is 36.5 Å². The first-order chi connectivity index (χ1) is 46.5. The van der Waals surface area contributed by atoms with Crippen LogP contribution in [0.25, 0.3) is 155 Å². The summed E-state index contributed by atoms with van der Waals surface area (Å²) in [5.74, 6) is 0. The normalized spacial score (nSPS) is 13.4. The summed E-state index contributed by atoms with van der Waals surface area (Å²) >= 11 is 0. The average molecular weight is 1120 g/mol. The summed E-state index contributed by atoms with van der Waals surface area (Å²) in [7, 11) is 0. The first-order valence-electron chi connectivity index (χ1n) is 33.6. The number of pyridine rings is 3. The van der Waals surface area contributed by atoms with E-state index in [9.17, 15) is 0 Å². The smallest absolute Gasteiger partial charge is 0.0704 e. The van der Waals surface area contributed by atoms with Crippen LogP contribution in [-0.2, 0) is 0 Å². The lowest BCUT2D eigenvalue weighted by atomic mass is 9.84. The molecular formula is C84H59N3. The predicted molar refractivity (Wildman–Crippen MR) is 366 cm³/mol. The van der Waals surface area contributed by atoms with Gasteiger partial charge in [0.1, 0.15) is 0 Å². The molecule has 15 rings (SSSR count). The standard InChI is InChI=1S/C84H59N3/c1-54-43-44-85-84(45-54)61-33-29-59(30-34-61)69-18-8-10-20-71(69)66-46-65(70-19-9-7-17-68(70)58-27-31-60(32-28-58)82-41-25-55(2)52-86-82)47-67(48-66)72-21-11-12-22-73(72)76-40-37-64(83-42-26-56(3)53-87-83)51-79(76)63-36-39-78-77-38-35-62(57-15-5-4-6-16-57)49-80(77)74-23-13-14-24-75(74)81(78)50-63/h4-53H,1-3H3/i1D3,2D3,3D3. The number of aryl methyl sites for hydroxylation is 3. The van der Waals surface area contributed by atoms with Crippen LogP contribution in [0.1, 0.15) is 29.0 Å². The van der Waals surface area contributed by atoms with Crippen LogP contribution in [0.4, 0.5) is 0 Å². The topological polar surface area (TPSA) is 38.7 Å². The third-order valence-corrected chi connectivity index (χ3v) is 16.8. The quantitative estimate of drug-likeness (QED) is 0.121. The van der Waals surface area contributed by atoms with Crippen LogP contribution >= 0.6 is 0 Å². The lowest BCUT2D eigenvalue weighted by Crippen LogP contribution is -1.94. The number of hydrogen-bond donors (Lipinski definition) is 0. The largest absolute Gasteiger partial charge is 0.256 e. The van der Waals surface area contributed by atoms with E-state index in [1.807, 2.05) is 36.4 Å². The number of rotatable bonds is 11. The van der Waals surface area contributed by atoms with Crippen LogP contribution in [0.2, 0.25) is 0 Å². The summed E-state index contributed by atoms with van der Waals surface area (Å²) in [5.41, 5.74) is 21.2. The van der Waals surface area contributed by atoms with Crippen molar-refractivity contribution in [2.45, 2.75) is 20.6 Å². The molecule has 0 saturated heterocycles. The predicted octanol–water partition coefficient (Wildman–Crippen LogP) is 22.6. The second-order valence-electron chi connectivity index (χ2n) is 22.1. The van der Waals surface area contributed by atoms with Gasteiger partial charge in [0.05, 0.1) is 17.1 Å². The highest BCUT2D eigenvalue weighted by Crippen LogP contribution is 2.47. The van der Waals surface area contributed by atoms with Gasteiger partial charge < -0.3 is 0 Å². The van der Waals surface area contributed by atoms with Crippen molar-refractivity contribution in [1.29, 1.82) is 0 Å². The lowest BCUT2D eigenvalue weighted by Gasteiger charge is -2.20. The molecule has 0 saturated carbocycles. The van der Waals surface area contributed by atoms with Gasteiger partial charge in [0.25, 0.3) is 0 Å². The summed E-state index contributed by atoms with van der Waals surface area (Å²) in [6, 6.07) is 97.7. The lowest BCUT2D eigenvalue weighted by molar-refractivity contribution is 1.27. The van der Waals surface area contributed by atoms with E-state index < -0.39 is 20.6 Å². The van der Waals surface area contributed by atoms with E-state index in [-0.39, 0.29) is 16.7 Å². The van der Waals surface area contributed by atoms with E-state index in [4.69, 9.17) is 17.3 Å². The fourth-order valence-corrected chi connectivity index (χ4v) is 12.5. The van der Waals surface area contributed by atoms with Crippen molar-refractivity contribution in [2.24, 2.45) is 0 Å². The second kappa shape index (κ2) is 22.5. The van der Waals surface area contributed by atoms with Crippen molar-refractivity contribution >= 4 is 32.3 Å². The molecule has 0 aliphatic carbocycles. The summed E-state index contributed by atoms with van der Waals surface area (Å²) < 4.78 is 72.2. The summed E-state index contributed by atoms with van der Waals surface area (Å²) in [5, 5.41) is 6.90. The summed E-state index contributed by atoms with van der Waals surface area (Å²) in [4.78, 5) is 13.9. The minimum absolute atomic E-state index is 0.174. The maximum absolute atomic E-state index is 8.13. The van der Waals surface area contributed by atoms with Crippen molar-refractivity contribution in [2.75, 3.05) is 0 Å². The van der Waals surface area contributed by atoms with Gasteiger partial charge in [0.15, 0.2) is 0 Å². The molecule has 3 heteroatoms. The molecule has 15 aromatic rings. The number of benzene rings is 12. The number of fused-ring (bicyclic) bond motifs is 6. The zero-order valence-corrected chi connectivity index (χ0v) is 47.2. The molecule has 410 valence electrons. The zero-order chi connectivity index (χ0) is 65.9. The van der Waals surface area contributed by atoms with E-state index in [0.717, 1.165) is 133 Å². The van der Waals surface area contributed by atoms with Gasteiger partial charge in [-0.1, -0.05) is 224 Å². The van der Waals surface area contributed by atoms with Gasteiger partial charge in [-0.25, -0.2) is 0 Å². The van der Waals surface area contributed by atoms with Crippen molar-refractivity contribution in [3.8, 4) is 123 Å². The Balaban J connectivity index is 0.909. The van der Waals surface area contributed by atoms with E-state index in [0.29, 0.717) is 17.1 Å². The highest BCUT2D eigenvalue weighted by atomic mass is 14.7. The Morgan fingerprint density at radius 1 is 0.207 bits per heavy atom. The summed E-state index contributed by atoms with van der Waals surface area (Å²) in [6.07, 6.45) is 4.43. The van der Waals surface area contributed by atoms with E-state index >= 15 is 0 Å². The maximum Gasteiger partial charge on any atom is 0.0704 e. The van der Waals surface area contributed by atoms with Crippen molar-refractivity contribution in [3.63, 3.8) is 0 Å². The van der Waals surface area contributed by atoms with Gasteiger partial charge in [-0.3, -0.25) is 15.0 Å². The fraction of sp³-hybridized carbons (Fsp3) is 0.0357. The van der Waals surface area contributed by atoms with Crippen molar-refractivity contribution in [1.82, 2.24) is 15.0 Å². The monoisotopic (exact) mass is 1120 g/mol. The SMILES string of the molecule is [2H]C([2H])([2H])c1ccc(-c2ccc(-c3ccccc3-c3cc(-c4ccccc4-c4ccc(-c5cc(C([2H])([2H])[2H])ccn5)cc4)cc(-c4ccccc4-c4ccc(-c5ccc(C([2H])([2H])[2H])cn5)cc4-c4ccc5c6ccc(-c7ccccc7)cc6c6ccccc6c5c4)c3)cc2)nc1. The third kappa shape index (κ3) is 10.2. The Bertz CT molecular complexity index is 5430. The second-order valence-corrected chi connectivity index (χ2v) is 22.1. The van der Waals surface area contributed by atoms with Gasteiger partial charge >= 0.3 is 0 Å². The molecule has 87 heavy (non-hydrogen) atoms. The Hall–Kier alpha value is -11.1. The van der Waals surface area contributed by atoms with E-state index in [1.165, 1.54) is 23.8 Å². The number of nitrogens with zero attached hydrogens (tertiary/aromatic N) is 3. The fourth-order valence-electron chi connectivity index (χ4n) is 12.5. The van der Waals surface area contributed by atoms with Crippen LogP contribution in [0.5, 0.6) is 0 Å². The Morgan fingerprint density at radius 3 is 1.16 bits per heavy atom. The minimum Gasteiger partial charge on any atom is -0.256 e. The molecule has 0 aliphatic heterocycles. The van der Waals surface area contributed by atoms with Crippen LogP contribution < -0.4 is 0 Å². The molecule has 0 bridgehead atoms. The zero-order valence-electron chi connectivity index (χ0n) is 56.2. The van der Waals surface area contributed by atoms with Gasteiger partial charge in [-0.05, 0) is 219 Å². The molecule has 0 unspecified atom stereocenters. The molecule has 0 atom stereocenters. The van der Waals surface area contributed by atoms with Crippen LogP contribution in [0.3, 0.4) is 0 Å². The molecule has 3 heterocycles. The number of aromatic nitrogens is 3. The third-order valence-electron chi connectivity index (χ3n) is 16.8. The molecule has 0 N–H and O–H groups in total. The van der Waals surface area contributed by atoms with Gasteiger partial charge in [0.2, 0.25) is 0 Å². The molecule has 0 aliphatic rings.